The summed E-state index contributed by atoms with van der Waals surface area (Å²) in [5, 5.41) is 7.34. The van der Waals surface area contributed by atoms with E-state index >= 15 is 0 Å². The molecule has 0 atom stereocenters. The van der Waals surface area contributed by atoms with Crippen molar-refractivity contribution in [3.05, 3.63) is 23.9 Å². The number of aromatic nitrogens is 2. The molecule has 0 spiro atoms. The van der Waals surface area contributed by atoms with Crippen LogP contribution in [-0.4, -0.2) is 47.7 Å². The lowest BCUT2D eigenvalue weighted by Gasteiger charge is -2.14. The summed E-state index contributed by atoms with van der Waals surface area (Å²) in [4.78, 5) is 24.6. The molecule has 7 heteroatoms. The van der Waals surface area contributed by atoms with Gasteiger partial charge in [0.25, 0.3) is 5.91 Å². The summed E-state index contributed by atoms with van der Waals surface area (Å²) >= 11 is 0. The molecule has 3 N–H and O–H groups in total. The molecule has 0 bridgehead atoms. The summed E-state index contributed by atoms with van der Waals surface area (Å²) in [6.07, 6.45) is 0. The largest absolute Gasteiger partial charge is 0.468 e. The number of amides is 1. The highest BCUT2D eigenvalue weighted by Gasteiger charge is 2.20. The summed E-state index contributed by atoms with van der Waals surface area (Å²) in [5.41, 5.74) is 7.17. The van der Waals surface area contributed by atoms with Crippen LogP contribution in [0, 0.1) is 0 Å². The van der Waals surface area contributed by atoms with Gasteiger partial charge in [-0.1, -0.05) is 0 Å². The zero-order valence-corrected chi connectivity index (χ0v) is 10.6. The number of H-pyrrole nitrogens is 1. The number of carbonyl (C=O) groups excluding carboxylic acids is 2. The fourth-order valence-corrected chi connectivity index (χ4v) is 1.71. The maximum absolute atomic E-state index is 12.2. The number of nitrogens with two attached hydrogens (primary N) is 1. The van der Waals surface area contributed by atoms with E-state index < -0.39 is 5.97 Å². The lowest BCUT2D eigenvalue weighted by molar-refractivity contribution is -0.141. The fourth-order valence-electron chi connectivity index (χ4n) is 1.71. The van der Waals surface area contributed by atoms with Gasteiger partial charge in [-0.25, -0.2) is 0 Å². The molecule has 0 aliphatic rings. The minimum absolute atomic E-state index is 0.133. The molecule has 0 aliphatic heterocycles. The van der Waals surface area contributed by atoms with Gasteiger partial charge in [-0.2, -0.15) is 5.10 Å². The Balaban J connectivity index is 2.31. The highest BCUT2D eigenvalue weighted by molar-refractivity contribution is 6.05. The van der Waals surface area contributed by atoms with Crippen LogP contribution in [0.3, 0.4) is 0 Å². The Morgan fingerprint density at radius 3 is 2.89 bits per heavy atom. The van der Waals surface area contributed by atoms with E-state index in [1.165, 1.54) is 19.1 Å². The summed E-state index contributed by atoms with van der Waals surface area (Å²) < 4.78 is 4.51. The van der Waals surface area contributed by atoms with Crippen molar-refractivity contribution in [2.24, 2.45) is 0 Å². The molecule has 0 unspecified atom stereocenters. The number of nitrogens with one attached hydrogen (secondary N) is 1. The van der Waals surface area contributed by atoms with Crippen molar-refractivity contribution >= 4 is 28.5 Å². The first-order valence-corrected chi connectivity index (χ1v) is 5.59. The molecule has 0 aliphatic carbocycles. The molecule has 2 aromatic rings. The topological polar surface area (TPSA) is 101 Å². The van der Waals surface area contributed by atoms with Gasteiger partial charge in [0, 0.05) is 18.1 Å². The van der Waals surface area contributed by atoms with Crippen LogP contribution in [0.4, 0.5) is 5.69 Å². The molecule has 2 rings (SSSR count). The van der Waals surface area contributed by atoms with Crippen molar-refractivity contribution in [2.45, 2.75) is 0 Å². The van der Waals surface area contributed by atoms with Gasteiger partial charge in [-0.3, -0.25) is 14.7 Å². The van der Waals surface area contributed by atoms with Gasteiger partial charge < -0.3 is 15.4 Å². The molecule has 1 heterocycles. The molecule has 19 heavy (non-hydrogen) atoms. The summed E-state index contributed by atoms with van der Waals surface area (Å²) in [5.74, 6) is -0.863. The lowest BCUT2D eigenvalue weighted by atomic mass is 10.2. The van der Waals surface area contributed by atoms with E-state index in [2.05, 4.69) is 14.9 Å². The molecule has 0 fully saturated rings. The number of likely N-dealkylation sites (N-methyl/N-ethyl adjacent to an activating group) is 1. The molecule has 1 amide bonds. The van der Waals surface area contributed by atoms with Crippen molar-refractivity contribution in [3.8, 4) is 0 Å². The van der Waals surface area contributed by atoms with Crippen molar-refractivity contribution < 1.29 is 14.3 Å². The highest BCUT2D eigenvalue weighted by Crippen LogP contribution is 2.19. The second-order valence-corrected chi connectivity index (χ2v) is 4.11. The summed E-state index contributed by atoms with van der Waals surface area (Å²) in [6, 6.07) is 5.12. The Morgan fingerprint density at radius 1 is 1.47 bits per heavy atom. The number of hydrogen-bond donors (Lipinski definition) is 2. The number of methoxy groups -OCH3 is 1. The number of ether oxygens (including phenoxy) is 1. The first kappa shape index (κ1) is 12.9. The van der Waals surface area contributed by atoms with E-state index in [9.17, 15) is 9.59 Å². The number of fused-ring (bicyclic) bond motifs is 1. The minimum atomic E-state index is -0.491. The van der Waals surface area contributed by atoms with Crippen molar-refractivity contribution in [1.82, 2.24) is 15.1 Å². The maximum atomic E-state index is 12.2. The first-order chi connectivity index (χ1) is 9.02. The molecule has 1 aromatic heterocycles. The second-order valence-electron chi connectivity index (χ2n) is 4.11. The fraction of sp³-hybridized carbons (Fsp3) is 0.250. The average molecular weight is 262 g/mol. The highest BCUT2D eigenvalue weighted by atomic mass is 16.5. The number of hydrogen-bond acceptors (Lipinski definition) is 5. The predicted molar refractivity (Wildman–Crippen MR) is 69.5 cm³/mol. The van der Waals surface area contributed by atoms with Gasteiger partial charge >= 0.3 is 5.97 Å². The van der Waals surface area contributed by atoms with Crippen LogP contribution in [0.15, 0.2) is 18.2 Å². The van der Waals surface area contributed by atoms with Crippen LogP contribution in [-0.2, 0) is 9.53 Å². The maximum Gasteiger partial charge on any atom is 0.325 e. The zero-order valence-electron chi connectivity index (χ0n) is 10.6. The Kier molecular flexibility index (Phi) is 3.37. The number of benzene rings is 1. The monoisotopic (exact) mass is 262 g/mol. The number of carbonyl (C=O) groups is 2. The summed E-state index contributed by atoms with van der Waals surface area (Å²) in [6.45, 7) is -0.133. The number of aromatic amines is 1. The van der Waals surface area contributed by atoms with Crippen LogP contribution >= 0.6 is 0 Å². The smallest absolute Gasteiger partial charge is 0.325 e. The van der Waals surface area contributed by atoms with Crippen LogP contribution < -0.4 is 5.73 Å². The van der Waals surface area contributed by atoms with E-state index in [1.807, 2.05) is 0 Å². The molecule has 0 radical (unpaired) electrons. The van der Waals surface area contributed by atoms with Crippen LogP contribution in [0.5, 0.6) is 0 Å². The summed E-state index contributed by atoms with van der Waals surface area (Å²) in [7, 11) is 2.78. The quantitative estimate of drug-likeness (QED) is 0.615. The van der Waals surface area contributed by atoms with Gasteiger partial charge in [0.1, 0.15) is 6.54 Å². The van der Waals surface area contributed by atoms with Gasteiger partial charge in [-0.05, 0) is 18.2 Å². The van der Waals surface area contributed by atoms with Crippen LogP contribution in [0.2, 0.25) is 0 Å². The molecule has 100 valence electrons. The van der Waals surface area contributed by atoms with Crippen molar-refractivity contribution in [2.75, 3.05) is 26.4 Å². The molecule has 0 saturated carbocycles. The van der Waals surface area contributed by atoms with Gasteiger partial charge in [0.15, 0.2) is 5.69 Å². The third-order valence-electron chi connectivity index (χ3n) is 2.73. The molecular weight excluding hydrogens is 248 g/mol. The second kappa shape index (κ2) is 4.97. The normalized spacial score (nSPS) is 10.4. The number of rotatable bonds is 3. The van der Waals surface area contributed by atoms with E-state index in [4.69, 9.17) is 5.73 Å². The Bertz CT molecular complexity index is 635. The number of nitrogens with zero attached hydrogens (tertiary/aromatic N) is 2. The number of anilines is 1. The number of esters is 1. The predicted octanol–water partition coefficient (Wildman–Crippen LogP) is 0.390. The van der Waals surface area contributed by atoms with Crippen molar-refractivity contribution in [1.29, 1.82) is 0 Å². The van der Waals surface area contributed by atoms with Crippen molar-refractivity contribution in [3.63, 3.8) is 0 Å². The first-order valence-electron chi connectivity index (χ1n) is 5.59. The van der Waals surface area contributed by atoms with Gasteiger partial charge in [0.05, 0.1) is 12.6 Å². The Morgan fingerprint density at radius 2 is 2.21 bits per heavy atom. The lowest BCUT2D eigenvalue weighted by Crippen LogP contribution is -2.33. The van der Waals surface area contributed by atoms with E-state index in [-0.39, 0.29) is 18.1 Å². The molecule has 0 saturated heterocycles. The van der Waals surface area contributed by atoms with Gasteiger partial charge in [-0.15, -0.1) is 0 Å². The SMILES string of the molecule is COC(=O)CN(C)C(=O)c1n[nH]c2ccc(N)cc12. The molecule has 1 aromatic carbocycles. The van der Waals surface area contributed by atoms with E-state index in [0.717, 1.165) is 0 Å². The zero-order chi connectivity index (χ0) is 14.0. The molecular formula is C12H14N4O3. The average Bonchev–Trinajstić information content (AvgIpc) is 2.80. The minimum Gasteiger partial charge on any atom is -0.468 e. The van der Waals surface area contributed by atoms with Gasteiger partial charge in [0.2, 0.25) is 0 Å². The third-order valence-corrected chi connectivity index (χ3v) is 2.73. The van der Waals surface area contributed by atoms with E-state index in [0.29, 0.717) is 16.6 Å². The van der Waals surface area contributed by atoms with Crippen LogP contribution in [0.1, 0.15) is 10.5 Å². The van der Waals surface area contributed by atoms with Crippen LogP contribution in [0.25, 0.3) is 10.9 Å². The van der Waals surface area contributed by atoms with E-state index in [1.54, 1.807) is 18.2 Å². The Labute approximate surface area is 109 Å². The third kappa shape index (κ3) is 2.49. The standard InChI is InChI=1S/C12H14N4O3/c1-16(6-10(17)19-2)12(18)11-8-5-7(13)3-4-9(8)14-15-11/h3-5H,6,13H2,1-2H3,(H,14,15). The Hall–Kier alpha value is -2.57. The number of nitrogen functional groups attached to an aromatic ring is 1. The molecule has 7 nitrogen and oxygen atoms in total.